The van der Waals surface area contributed by atoms with Gasteiger partial charge < -0.3 is 4.90 Å². The number of carbonyl (C=O) groups is 1. The van der Waals surface area contributed by atoms with Crippen molar-refractivity contribution in [2.75, 3.05) is 13.1 Å². The summed E-state index contributed by atoms with van der Waals surface area (Å²) < 4.78 is 0. The molecule has 0 spiro atoms. The summed E-state index contributed by atoms with van der Waals surface area (Å²) in [5.41, 5.74) is 2.98. The van der Waals surface area contributed by atoms with E-state index in [0.29, 0.717) is 5.92 Å². The van der Waals surface area contributed by atoms with E-state index in [0.717, 1.165) is 30.8 Å². The van der Waals surface area contributed by atoms with E-state index in [1.165, 1.54) is 16.9 Å². The van der Waals surface area contributed by atoms with Crippen molar-refractivity contribution >= 4 is 17.2 Å². The number of piperidine rings is 1. The highest BCUT2D eigenvalue weighted by Gasteiger charge is 2.25. The summed E-state index contributed by atoms with van der Waals surface area (Å²) in [6, 6.07) is 4.09. The largest absolute Gasteiger partial charge is 0.337 e. The zero-order chi connectivity index (χ0) is 13.1. The highest BCUT2D eigenvalue weighted by atomic mass is 32.1. The average molecular weight is 273 g/mol. The van der Waals surface area contributed by atoms with E-state index in [2.05, 4.69) is 9.97 Å². The van der Waals surface area contributed by atoms with Crippen LogP contribution in [0.2, 0.25) is 0 Å². The van der Waals surface area contributed by atoms with Crippen LogP contribution in [0.4, 0.5) is 0 Å². The molecular weight excluding hydrogens is 258 g/mol. The fraction of sp³-hybridized carbons (Fsp3) is 0.357. The predicted octanol–water partition coefficient (Wildman–Crippen LogP) is 2.56. The van der Waals surface area contributed by atoms with Gasteiger partial charge in [-0.1, -0.05) is 0 Å². The first-order valence-electron chi connectivity index (χ1n) is 6.42. The highest BCUT2D eigenvalue weighted by molar-refractivity contribution is 7.11. The zero-order valence-electron chi connectivity index (χ0n) is 10.5. The fourth-order valence-electron chi connectivity index (χ4n) is 2.55. The second-order valence-corrected chi connectivity index (χ2v) is 5.62. The quantitative estimate of drug-likeness (QED) is 0.844. The van der Waals surface area contributed by atoms with E-state index in [4.69, 9.17) is 0 Å². The van der Waals surface area contributed by atoms with E-state index in [1.54, 1.807) is 11.7 Å². The fourth-order valence-corrected chi connectivity index (χ4v) is 3.13. The Bertz CT molecular complexity index is 541. The maximum absolute atomic E-state index is 12.3. The lowest BCUT2D eigenvalue weighted by Crippen LogP contribution is -2.38. The van der Waals surface area contributed by atoms with Crippen molar-refractivity contribution in [2.24, 2.45) is 0 Å². The van der Waals surface area contributed by atoms with Gasteiger partial charge in [-0.05, 0) is 30.5 Å². The smallest absolute Gasteiger partial charge is 0.265 e. The highest BCUT2D eigenvalue weighted by Crippen LogP contribution is 2.27. The minimum absolute atomic E-state index is 0.112. The molecule has 0 N–H and O–H groups in total. The van der Waals surface area contributed by atoms with E-state index in [1.807, 2.05) is 29.4 Å². The van der Waals surface area contributed by atoms with Gasteiger partial charge in [-0.25, -0.2) is 0 Å². The van der Waals surface area contributed by atoms with Gasteiger partial charge in [0.15, 0.2) is 0 Å². The van der Waals surface area contributed by atoms with Gasteiger partial charge in [0.25, 0.3) is 5.91 Å². The Morgan fingerprint density at radius 1 is 1.32 bits per heavy atom. The molecule has 1 fully saturated rings. The van der Waals surface area contributed by atoms with Crippen molar-refractivity contribution in [2.45, 2.75) is 18.8 Å². The maximum Gasteiger partial charge on any atom is 0.265 e. The van der Waals surface area contributed by atoms with Gasteiger partial charge in [0.05, 0.1) is 11.7 Å². The van der Waals surface area contributed by atoms with Gasteiger partial charge in [0.2, 0.25) is 0 Å². The molecule has 3 rings (SSSR count). The van der Waals surface area contributed by atoms with E-state index < -0.39 is 0 Å². The Morgan fingerprint density at radius 3 is 2.89 bits per heavy atom. The Labute approximate surface area is 116 Å². The summed E-state index contributed by atoms with van der Waals surface area (Å²) in [6.45, 7) is 1.64. The van der Waals surface area contributed by atoms with E-state index in [-0.39, 0.29) is 5.91 Å². The van der Waals surface area contributed by atoms with Crippen LogP contribution < -0.4 is 0 Å². The van der Waals surface area contributed by atoms with Gasteiger partial charge in [0.1, 0.15) is 4.88 Å². The molecule has 0 aromatic carbocycles. The summed E-state index contributed by atoms with van der Waals surface area (Å²) in [4.78, 5) is 23.0. The van der Waals surface area contributed by atoms with Crippen LogP contribution in [-0.2, 0) is 0 Å². The molecule has 5 heteroatoms. The Balaban J connectivity index is 1.73. The molecule has 1 atom stereocenters. The van der Waals surface area contributed by atoms with Gasteiger partial charge in [0, 0.05) is 31.4 Å². The molecule has 1 aliphatic heterocycles. The molecule has 0 aliphatic carbocycles. The lowest BCUT2D eigenvalue weighted by atomic mass is 9.91. The SMILES string of the molecule is O=C(c1cncs1)N1CCC[C@@H](c2ccncc2)C1. The van der Waals surface area contributed by atoms with Crippen LogP contribution in [-0.4, -0.2) is 33.9 Å². The molecule has 98 valence electrons. The van der Waals surface area contributed by atoms with Crippen molar-refractivity contribution < 1.29 is 4.79 Å². The number of hydrogen-bond acceptors (Lipinski definition) is 4. The molecule has 1 saturated heterocycles. The molecular formula is C14H15N3OS. The van der Waals surface area contributed by atoms with Crippen molar-refractivity contribution in [1.82, 2.24) is 14.9 Å². The van der Waals surface area contributed by atoms with Crippen LogP contribution in [0.1, 0.15) is 34.0 Å². The standard InChI is InChI=1S/C14H15N3OS/c18-14(13-8-16-10-19-13)17-7-1-2-12(9-17)11-3-5-15-6-4-11/h3-6,8,10,12H,1-2,7,9H2/t12-/m1/s1. The molecule has 1 amide bonds. The van der Waals surface area contributed by atoms with Crippen LogP contribution in [0, 0.1) is 0 Å². The normalized spacial score (nSPS) is 19.4. The number of rotatable bonds is 2. The average Bonchev–Trinajstić information content (AvgIpc) is 3.02. The Morgan fingerprint density at radius 2 is 2.16 bits per heavy atom. The summed E-state index contributed by atoms with van der Waals surface area (Å²) in [5, 5.41) is 0. The summed E-state index contributed by atoms with van der Waals surface area (Å²) in [6.07, 6.45) is 7.48. The van der Waals surface area contributed by atoms with Gasteiger partial charge in [-0.15, -0.1) is 11.3 Å². The molecule has 0 unspecified atom stereocenters. The number of likely N-dealkylation sites (tertiary alicyclic amines) is 1. The minimum Gasteiger partial charge on any atom is -0.337 e. The first-order chi connectivity index (χ1) is 9.34. The summed E-state index contributed by atoms with van der Waals surface area (Å²) in [7, 11) is 0. The number of thiazole rings is 1. The zero-order valence-corrected chi connectivity index (χ0v) is 11.3. The van der Waals surface area contributed by atoms with Crippen LogP contribution in [0.5, 0.6) is 0 Å². The molecule has 0 radical (unpaired) electrons. The first kappa shape index (κ1) is 12.3. The van der Waals surface area contributed by atoms with Crippen molar-refractivity contribution in [3.8, 4) is 0 Å². The maximum atomic E-state index is 12.3. The monoisotopic (exact) mass is 273 g/mol. The number of amides is 1. The van der Waals surface area contributed by atoms with Crippen LogP contribution in [0.3, 0.4) is 0 Å². The number of aromatic nitrogens is 2. The summed E-state index contributed by atoms with van der Waals surface area (Å²) in [5.74, 6) is 0.537. The number of hydrogen-bond donors (Lipinski definition) is 0. The van der Waals surface area contributed by atoms with Crippen molar-refractivity contribution in [3.63, 3.8) is 0 Å². The number of nitrogens with zero attached hydrogens (tertiary/aromatic N) is 3. The van der Waals surface area contributed by atoms with Crippen molar-refractivity contribution in [3.05, 3.63) is 46.7 Å². The third-order valence-electron chi connectivity index (χ3n) is 3.53. The number of carbonyl (C=O) groups excluding carboxylic acids is 1. The predicted molar refractivity (Wildman–Crippen MR) is 74.2 cm³/mol. The summed E-state index contributed by atoms with van der Waals surface area (Å²) >= 11 is 1.41. The minimum atomic E-state index is 0.112. The lowest BCUT2D eigenvalue weighted by Gasteiger charge is -2.32. The molecule has 0 saturated carbocycles. The van der Waals surface area contributed by atoms with Crippen LogP contribution in [0.25, 0.3) is 0 Å². The third kappa shape index (κ3) is 2.66. The van der Waals surface area contributed by atoms with E-state index in [9.17, 15) is 4.79 Å². The second kappa shape index (κ2) is 5.48. The van der Waals surface area contributed by atoms with Gasteiger partial charge in [-0.2, -0.15) is 0 Å². The molecule has 2 aromatic heterocycles. The molecule has 19 heavy (non-hydrogen) atoms. The van der Waals surface area contributed by atoms with E-state index >= 15 is 0 Å². The topological polar surface area (TPSA) is 46.1 Å². The Hall–Kier alpha value is -1.75. The molecule has 3 heterocycles. The van der Waals surface area contributed by atoms with Crippen LogP contribution >= 0.6 is 11.3 Å². The lowest BCUT2D eigenvalue weighted by molar-refractivity contribution is 0.0712. The first-order valence-corrected chi connectivity index (χ1v) is 7.30. The Kier molecular flexibility index (Phi) is 3.55. The van der Waals surface area contributed by atoms with Crippen LogP contribution in [0.15, 0.2) is 36.2 Å². The molecule has 4 nitrogen and oxygen atoms in total. The van der Waals surface area contributed by atoms with Crippen molar-refractivity contribution in [1.29, 1.82) is 0 Å². The molecule has 0 bridgehead atoms. The second-order valence-electron chi connectivity index (χ2n) is 4.74. The van der Waals surface area contributed by atoms with Gasteiger partial charge in [-0.3, -0.25) is 14.8 Å². The molecule has 1 aliphatic rings. The molecule has 2 aromatic rings. The third-order valence-corrected chi connectivity index (χ3v) is 4.29. The number of pyridine rings is 1. The van der Waals surface area contributed by atoms with Gasteiger partial charge >= 0.3 is 0 Å².